The first-order valence-electron chi connectivity index (χ1n) is 8.03. The fourth-order valence-electron chi connectivity index (χ4n) is 2.44. The fourth-order valence-corrected chi connectivity index (χ4v) is 2.44. The van der Waals surface area contributed by atoms with Crippen molar-refractivity contribution in [2.24, 2.45) is 5.10 Å². The van der Waals surface area contributed by atoms with Crippen molar-refractivity contribution in [2.45, 2.75) is 19.3 Å². The summed E-state index contributed by atoms with van der Waals surface area (Å²) in [5, 5.41) is 6.20. The Bertz CT molecular complexity index is 826. The maximum atomic E-state index is 12.7. The third-order valence-electron chi connectivity index (χ3n) is 3.75. The zero-order valence-electron chi connectivity index (χ0n) is 13.9. The molecule has 0 atom stereocenters. The van der Waals surface area contributed by atoms with Crippen molar-refractivity contribution in [3.8, 4) is 0 Å². The lowest BCUT2D eigenvalue weighted by atomic mass is 10.1. The van der Waals surface area contributed by atoms with E-state index in [0.717, 1.165) is 23.3 Å². The van der Waals surface area contributed by atoms with Crippen LogP contribution in [-0.2, 0) is 19.3 Å². The zero-order chi connectivity index (χ0) is 18.4. The lowest BCUT2D eigenvalue weighted by Gasteiger charge is -2.19. The molecule has 26 heavy (non-hydrogen) atoms. The molecular weight excluding hydrogens is 341 g/mol. The van der Waals surface area contributed by atoms with Crippen LogP contribution in [0.4, 0.5) is 13.2 Å². The van der Waals surface area contributed by atoms with Crippen molar-refractivity contribution in [3.63, 3.8) is 0 Å². The van der Waals surface area contributed by atoms with Crippen molar-refractivity contribution >= 4 is 6.21 Å². The molecule has 0 bridgehead atoms. The van der Waals surface area contributed by atoms with Crippen molar-refractivity contribution in [1.29, 1.82) is 0 Å². The van der Waals surface area contributed by atoms with Gasteiger partial charge in [-0.05, 0) is 35.4 Å². The van der Waals surface area contributed by atoms with E-state index in [2.05, 4.69) is 5.10 Å². The average molecular weight is 358 g/mol. The summed E-state index contributed by atoms with van der Waals surface area (Å²) in [5.74, 6) is 0.607. The smallest absolute Gasteiger partial charge is 0.416 e. The summed E-state index contributed by atoms with van der Waals surface area (Å²) in [6.45, 7) is 0.906. The molecule has 0 aliphatic heterocycles. The SMILES string of the molecule is FC(F)(F)c1ccc(CN(Cc2ccccc2)/N=C/c2ccco2)cc1. The zero-order valence-corrected chi connectivity index (χ0v) is 13.9. The minimum Gasteiger partial charge on any atom is -0.463 e. The largest absolute Gasteiger partial charge is 0.463 e. The van der Waals surface area contributed by atoms with Crippen LogP contribution in [0.25, 0.3) is 0 Å². The first-order chi connectivity index (χ1) is 12.5. The van der Waals surface area contributed by atoms with Crippen LogP contribution in [0.2, 0.25) is 0 Å². The second kappa shape index (κ2) is 7.91. The Morgan fingerprint density at radius 1 is 0.846 bits per heavy atom. The molecule has 0 unspecified atom stereocenters. The van der Waals surface area contributed by atoms with Gasteiger partial charge in [0.1, 0.15) is 5.76 Å². The summed E-state index contributed by atoms with van der Waals surface area (Å²) in [6, 6.07) is 18.4. The molecule has 0 saturated heterocycles. The minimum absolute atomic E-state index is 0.379. The van der Waals surface area contributed by atoms with E-state index < -0.39 is 11.7 Å². The molecule has 0 fully saturated rings. The Kier molecular flexibility index (Phi) is 5.41. The van der Waals surface area contributed by atoms with Gasteiger partial charge in [0.25, 0.3) is 0 Å². The highest BCUT2D eigenvalue weighted by atomic mass is 19.4. The topological polar surface area (TPSA) is 28.7 Å². The molecule has 1 heterocycles. The first-order valence-corrected chi connectivity index (χ1v) is 8.03. The highest BCUT2D eigenvalue weighted by molar-refractivity contribution is 5.75. The van der Waals surface area contributed by atoms with Crippen molar-refractivity contribution in [3.05, 3.63) is 95.4 Å². The van der Waals surface area contributed by atoms with Crippen LogP contribution in [0, 0.1) is 0 Å². The third kappa shape index (κ3) is 4.99. The summed E-state index contributed by atoms with van der Waals surface area (Å²) in [7, 11) is 0. The molecule has 3 aromatic rings. The predicted molar refractivity (Wildman–Crippen MR) is 93.4 cm³/mol. The van der Waals surface area contributed by atoms with Crippen LogP contribution in [0.15, 0.2) is 82.5 Å². The van der Waals surface area contributed by atoms with Gasteiger partial charge in [-0.2, -0.15) is 18.3 Å². The number of nitrogens with zero attached hydrogens (tertiary/aromatic N) is 2. The molecule has 3 nitrogen and oxygen atoms in total. The number of hydrogen-bond acceptors (Lipinski definition) is 3. The lowest BCUT2D eigenvalue weighted by molar-refractivity contribution is -0.137. The molecule has 0 aliphatic carbocycles. The molecule has 0 amide bonds. The number of benzene rings is 2. The molecule has 2 aromatic carbocycles. The molecule has 0 N–H and O–H groups in total. The van der Waals surface area contributed by atoms with E-state index in [4.69, 9.17) is 4.42 Å². The second-order valence-electron chi connectivity index (χ2n) is 5.76. The number of hydrogen-bond donors (Lipinski definition) is 0. The number of alkyl halides is 3. The van der Waals surface area contributed by atoms with E-state index in [1.807, 2.05) is 30.3 Å². The number of rotatable bonds is 6. The molecular formula is C20H17F3N2O. The van der Waals surface area contributed by atoms with E-state index in [1.54, 1.807) is 29.6 Å². The van der Waals surface area contributed by atoms with Gasteiger partial charge in [-0.3, -0.25) is 5.01 Å². The van der Waals surface area contributed by atoms with Gasteiger partial charge in [-0.25, -0.2) is 0 Å². The van der Waals surface area contributed by atoms with E-state index >= 15 is 0 Å². The highest BCUT2D eigenvalue weighted by Gasteiger charge is 2.29. The van der Waals surface area contributed by atoms with Crippen LogP contribution in [0.1, 0.15) is 22.5 Å². The summed E-state index contributed by atoms with van der Waals surface area (Å²) in [5.41, 5.74) is 1.14. The fraction of sp³-hybridized carbons (Fsp3) is 0.150. The van der Waals surface area contributed by atoms with Gasteiger partial charge in [0.15, 0.2) is 0 Å². The molecule has 134 valence electrons. The molecule has 0 spiro atoms. The van der Waals surface area contributed by atoms with Gasteiger partial charge in [0.05, 0.1) is 31.1 Å². The molecule has 0 aliphatic rings. The van der Waals surface area contributed by atoms with Gasteiger partial charge in [0.2, 0.25) is 0 Å². The Morgan fingerprint density at radius 2 is 1.50 bits per heavy atom. The molecule has 0 radical (unpaired) electrons. The van der Waals surface area contributed by atoms with Gasteiger partial charge in [-0.1, -0.05) is 42.5 Å². The van der Waals surface area contributed by atoms with Gasteiger partial charge in [-0.15, -0.1) is 0 Å². The van der Waals surface area contributed by atoms with Crippen molar-refractivity contribution < 1.29 is 17.6 Å². The third-order valence-corrected chi connectivity index (χ3v) is 3.75. The molecule has 6 heteroatoms. The summed E-state index contributed by atoms with van der Waals surface area (Å²) < 4.78 is 43.3. The van der Waals surface area contributed by atoms with Crippen LogP contribution in [0.5, 0.6) is 0 Å². The van der Waals surface area contributed by atoms with Crippen LogP contribution in [-0.4, -0.2) is 11.2 Å². The number of halogens is 3. The van der Waals surface area contributed by atoms with Gasteiger partial charge < -0.3 is 4.42 Å². The van der Waals surface area contributed by atoms with E-state index in [-0.39, 0.29) is 0 Å². The summed E-state index contributed by atoms with van der Waals surface area (Å²) in [6.07, 6.45) is -1.19. The molecule has 0 saturated carbocycles. The summed E-state index contributed by atoms with van der Waals surface area (Å²) >= 11 is 0. The van der Waals surface area contributed by atoms with E-state index in [9.17, 15) is 13.2 Å². The van der Waals surface area contributed by atoms with E-state index in [1.165, 1.54) is 12.1 Å². The van der Waals surface area contributed by atoms with Crippen LogP contribution >= 0.6 is 0 Å². The first kappa shape index (κ1) is 17.8. The Labute approximate surface area is 149 Å². The monoisotopic (exact) mass is 358 g/mol. The highest BCUT2D eigenvalue weighted by Crippen LogP contribution is 2.29. The second-order valence-corrected chi connectivity index (χ2v) is 5.76. The van der Waals surface area contributed by atoms with Gasteiger partial charge in [0, 0.05) is 0 Å². The number of hydrazone groups is 1. The maximum Gasteiger partial charge on any atom is 0.416 e. The predicted octanol–water partition coefficient (Wildman–Crippen LogP) is 5.33. The van der Waals surface area contributed by atoms with E-state index in [0.29, 0.717) is 18.8 Å². The Hall–Kier alpha value is -3.02. The quantitative estimate of drug-likeness (QED) is 0.440. The Balaban J connectivity index is 1.76. The minimum atomic E-state index is -4.33. The standard InChI is InChI=1S/C20H17F3N2O/c21-20(22,23)18-10-8-17(9-11-18)15-25(14-16-5-2-1-3-6-16)24-13-19-7-4-12-26-19/h1-13H,14-15H2/b24-13+. The van der Waals surface area contributed by atoms with Crippen molar-refractivity contribution in [2.75, 3.05) is 0 Å². The molecule has 3 rings (SSSR count). The average Bonchev–Trinajstić information content (AvgIpc) is 3.14. The van der Waals surface area contributed by atoms with Crippen molar-refractivity contribution in [1.82, 2.24) is 5.01 Å². The lowest BCUT2D eigenvalue weighted by Crippen LogP contribution is -2.17. The van der Waals surface area contributed by atoms with Crippen LogP contribution in [0.3, 0.4) is 0 Å². The number of furan rings is 1. The van der Waals surface area contributed by atoms with Crippen LogP contribution < -0.4 is 0 Å². The summed E-state index contributed by atoms with van der Waals surface area (Å²) in [4.78, 5) is 0. The molecule has 1 aromatic heterocycles. The normalized spacial score (nSPS) is 11.8. The maximum absolute atomic E-state index is 12.7. The Morgan fingerprint density at radius 3 is 2.08 bits per heavy atom. The van der Waals surface area contributed by atoms with Gasteiger partial charge >= 0.3 is 6.18 Å².